The van der Waals surface area contributed by atoms with E-state index in [1.807, 2.05) is 37.8 Å². The highest BCUT2D eigenvalue weighted by atomic mass is 16.6. The van der Waals surface area contributed by atoms with Gasteiger partial charge in [0.05, 0.1) is 26.3 Å². The summed E-state index contributed by atoms with van der Waals surface area (Å²) >= 11 is 0. The van der Waals surface area contributed by atoms with Gasteiger partial charge in [-0.15, -0.1) is 0 Å². The Balaban J connectivity index is 1.76. The quantitative estimate of drug-likeness (QED) is 0.639. The number of rotatable bonds is 8. The van der Waals surface area contributed by atoms with E-state index in [4.69, 9.17) is 19.9 Å². The predicted octanol–water partition coefficient (Wildman–Crippen LogP) is 3.27. The van der Waals surface area contributed by atoms with Gasteiger partial charge in [-0.25, -0.2) is 4.79 Å². The maximum absolute atomic E-state index is 13.6. The molecule has 33 heavy (non-hydrogen) atoms. The van der Waals surface area contributed by atoms with Crippen molar-refractivity contribution in [2.45, 2.75) is 77.2 Å². The average molecular weight is 462 g/mol. The van der Waals surface area contributed by atoms with Crippen LogP contribution in [0.5, 0.6) is 5.75 Å². The number of carbonyl (C=O) groups is 2. The number of morpholine rings is 1. The van der Waals surface area contributed by atoms with Crippen molar-refractivity contribution in [1.29, 1.82) is 0 Å². The summed E-state index contributed by atoms with van der Waals surface area (Å²) in [6, 6.07) is 6.19. The van der Waals surface area contributed by atoms with Gasteiger partial charge in [0.25, 0.3) is 5.91 Å². The molecule has 2 amide bonds. The van der Waals surface area contributed by atoms with Crippen LogP contribution >= 0.6 is 0 Å². The molecule has 2 atom stereocenters. The fraction of sp³-hybridized carbons (Fsp3) is 0.680. The molecule has 8 heteroatoms. The maximum Gasteiger partial charge on any atom is 0.410 e. The zero-order valence-corrected chi connectivity index (χ0v) is 20.6. The first-order valence-electron chi connectivity index (χ1n) is 11.9. The van der Waals surface area contributed by atoms with Crippen LogP contribution in [0.1, 0.15) is 64.1 Å². The molecule has 1 aromatic rings. The Morgan fingerprint density at radius 2 is 2.03 bits per heavy atom. The highest BCUT2D eigenvalue weighted by Crippen LogP contribution is 2.37. The molecule has 2 fully saturated rings. The second-order valence-corrected chi connectivity index (χ2v) is 9.90. The number of nitrogens with zero attached hydrogens (tertiary/aromatic N) is 2. The smallest absolute Gasteiger partial charge is 0.410 e. The molecular formula is C25H39N3O5. The van der Waals surface area contributed by atoms with E-state index < -0.39 is 17.8 Å². The molecular weight excluding hydrogens is 422 g/mol. The Morgan fingerprint density at radius 1 is 1.30 bits per heavy atom. The third kappa shape index (κ3) is 6.60. The van der Waals surface area contributed by atoms with Gasteiger partial charge in [0.15, 0.2) is 6.10 Å². The minimum Gasteiger partial charge on any atom is -0.496 e. The lowest BCUT2D eigenvalue weighted by Gasteiger charge is -2.38. The number of aryl methyl sites for hydroxylation is 1. The first kappa shape index (κ1) is 25.3. The number of amides is 2. The average Bonchev–Trinajstić information content (AvgIpc) is 3.61. The highest BCUT2D eigenvalue weighted by molar-refractivity contribution is 5.83. The Kier molecular flexibility index (Phi) is 8.23. The maximum atomic E-state index is 13.6. The fourth-order valence-corrected chi connectivity index (χ4v) is 4.20. The normalized spacial score (nSPS) is 19.7. The van der Waals surface area contributed by atoms with Crippen molar-refractivity contribution in [2.75, 3.05) is 33.4 Å². The van der Waals surface area contributed by atoms with Crippen molar-refractivity contribution in [3.8, 4) is 5.75 Å². The highest BCUT2D eigenvalue weighted by Gasteiger charge is 2.42. The number of hydrogen-bond donors (Lipinski definition) is 1. The Bertz CT molecular complexity index is 834. The molecule has 1 heterocycles. The van der Waals surface area contributed by atoms with Gasteiger partial charge >= 0.3 is 6.09 Å². The van der Waals surface area contributed by atoms with Gasteiger partial charge in [-0.1, -0.05) is 12.1 Å². The van der Waals surface area contributed by atoms with E-state index in [-0.39, 0.29) is 24.5 Å². The molecule has 0 spiro atoms. The molecule has 2 aliphatic rings. The minimum atomic E-state index is -0.690. The Morgan fingerprint density at radius 3 is 2.64 bits per heavy atom. The summed E-state index contributed by atoms with van der Waals surface area (Å²) in [4.78, 5) is 29.7. The van der Waals surface area contributed by atoms with Gasteiger partial charge in [0.2, 0.25) is 0 Å². The lowest BCUT2D eigenvalue weighted by molar-refractivity contribution is -0.151. The predicted molar refractivity (Wildman–Crippen MR) is 126 cm³/mol. The number of ether oxygens (including phenoxy) is 3. The van der Waals surface area contributed by atoms with Gasteiger partial charge in [-0.2, -0.15) is 0 Å². The lowest BCUT2D eigenvalue weighted by Crippen LogP contribution is -2.54. The SMILES string of the molecule is COc1ccc(C(C)N(C(=O)[C@H]2CN(C(=O)OC(C)(C)C)CCO2)C2CC2)cc1CCCN. The van der Waals surface area contributed by atoms with E-state index in [0.29, 0.717) is 19.7 Å². The van der Waals surface area contributed by atoms with E-state index in [0.717, 1.165) is 42.6 Å². The molecule has 1 saturated carbocycles. The molecule has 0 aromatic heterocycles. The van der Waals surface area contributed by atoms with Gasteiger partial charge in [-0.05, 0) is 77.1 Å². The third-order valence-corrected chi connectivity index (χ3v) is 6.04. The lowest BCUT2D eigenvalue weighted by atomic mass is 9.99. The molecule has 1 aliphatic carbocycles. The Labute approximate surface area is 197 Å². The van der Waals surface area contributed by atoms with Crippen LogP contribution in [0.15, 0.2) is 18.2 Å². The Hall–Kier alpha value is -2.32. The van der Waals surface area contributed by atoms with E-state index in [1.54, 1.807) is 12.0 Å². The topological polar surface area (TPSA) is 94.3 Å². The molecule has 1 aromatic carbocycles. The molecule has 8 nitrogen and oxygen atoms in total. The summed E-state index contributed by atoms with van der Waals surface area (Å²) in [6.45, 7) is 9.11. The van der Waals surface area contributed by atoms with Crippen LogP contribution in [-0.4, -0.2) is 72.9 Å². The third-order valence-electron chi connectivity index (χ3n) is 6.04. The minimum absolute atomic E-state index is 0.0717. The first-order valence-corrected chi connectivity index (χ1v) is 11.9. The molecule has 1 unspecified atom stereocenters. The molecule has 1 saturated heterocycles. The van der Waals surface area contributed by atoms with Crippen molar-refractivity contribution in [2.24, 2.45) is 5.73 Å². The summed E-state index contributed by atoms with van der Waals surface area (Å²) in [5.41, 5.74) is 7.28. The van der Waals surface area contributed by atoms with Crippen molar-refractivity contribution in [3.63, 3.8) is 0 Å². The van der Waals surface area contributed by atoms with Crippen LogP contribution in [0.4, 0.5) is 4.79 Å². The summed E-state index contributed by atoms with van der Waals surface area (Å²) in [5, 5.41) is 0. The van der Waals surface area contributed by atoms with Gasteiger partial charge in [-0.3, -0.25) is 4.79 Å². The molecule has 2 N–H and O–H groups in total. The van der Waals surface area contributed by atoms with Gasteiger partial charge < -0.3 is 29.7 Å². The van der Waals surface area contributed by atoms with Crippen molar-refractivity contribution in [3.05, 3.63) is 29.3 Å². The van der Waals surface area contributed by atoms with Crippen LogP contribution < -0.4 is 10.5 Å². The standard InChI is InChI=1S/C25H39N3O5/c1-17(18-8-11-21(31-5)19(15-18)7-6-12-26)28(20-9-10-20)23(29)22-16-27(13-14-32-22)24(30)33-25(2,3)4/h8,11,15,17,20,22H,6-7,9-10,12-14,16,26H2,1-5H3/t17?,22-/m1/s1. The van der Waals surface area contributed by atoms with E-state index in [1.165, 1.54) is 0 Å². The molecule has 0 bridgehead atoms. The summed E-state index contributed by atoms with van der Waals surface area (Å²) in [5.74, 6) is 0.768. The van der Waals surface area contributed by atoms with Crippen LogP contribution in [0, 0.1) is 0 Å². The molecule has 3 rings (SSSR count). The van der Waals surface area contributed by atoms with Crippen LogP contribution in [-0.2, 0) is 20.7 Å². The van der Waals surface area contributed by atoms with Crippen molar-refractivity contribution in [1.82, 2.24) is 9.80 Å². The van der Waals surface area contributed by atoms with Gasteiger partial charge in [0, 0.05) is 12.6 Å². The van der Waals surface area contributed by atoms with Crippen molar-refractivity contribution >= 4 is 12.0 Å². The largest absolute Gasteiger partial charge is 0.496 e. The molecule has 184 valence electrons. The second-order valence-electron chi connectivity index (χ2n) is 9.90. The van der Waals surface area contributed by atoms with E-state index in [9.17, 15) is 9.59 Å². The summed E-state index contributed by atoms with van der Waals surface area (Å²) in [7, 11) is 1.67. The number of hydrogen-bond acceptors (Lipinski definition) is 6. The zero-order valence-electron chi connectivity index (χ0n) is 20.6. The number of carbonyl (C=O) groups excluding carboxylic acids is 2. The summed E-state index contributed by atoms with van der Waals surface area (Å²) < 4.78 is 16.8. The first-order chi connectivity index (χ1) is 15.6. The van der Waals surface area contributed by atoms with Crippen LogP contribution in [0.2, 0.25) is 0 Å². The molecule has 0 radical (unpaired) electrons. The van der Waals surface area contributed by atoms with Gasteiger partial charge in [0.1, 0.15) is 11.4 Å². The van der Waals surface area contributed by atoms with Crippen LogP contribution in [0.3, 0.4) is 0 Å². The fourth-order valence-electron chi connectivity index (χ4n) is 4.20. The number of nitrogens with two attached hydrogens (primary N) is 1. The second kappa shape index (κ2) is 10.7. The number of benzene rings is 1. The monoisotopic (exact) mass is 461 g/mol. The summed E-state index contributed by atoms with van der Waals surface area (Å²) in [6.07, 6.45) is 2.56. The molecule has 1 aliphatic heterocycles. The number of methoxy groups -OCH3 is 1. The zero-order chi connectivity index (χ0) is 24.2. The van der Waals surface area contributed by atoms with E-state index in [2.05, 4.69) is 13.0 Å². The van der Waals surface area contributed by atoms with E-state index >= 15 is 0 Å². The van der Waals surface area contributed by atoms with Crippen molar-refractivity contribution < 1.29 is 23.8 Å². The van der Waals surface area contributed by atoms with Crippen LogP contribution in [0.25, 0.3) is 0 Å².